The average Bonchev–Trinajstić information content (AvgIpc) is 2.74. The number of hydrogen-bond donors (Lipinski definition) is 1. The minimum atomic E-state index is 0.545. The zero-order chi connectivity index (χ0) is 11.7. The maximum atomic E-state index is 5.70. The molecule has 0 saturated carbocycles. The summed E-state index contributed by atoms with van der Waals surface area (Å²) in [6.07, 6.45) is 3.66. The summed E-state index contributed by atoms with van der Waals surface area (Å²) in [6, 6.07) is 0. The molecule has 0 spiro atoms. The maximum Gasteiger partial charge on any atom is 0.0946 e. The van der Waals surface area contributed by atoms with Crippen LogP contribution in [-0.2, 0) is 20.1 Å². The highest BCUT2D eigenvalue weighted by molar-refractivity contribution is 5.24. The summed E-state index contributed by atoms with van der Waals surface area (Å²) < 4.78 is 3.98. The fraction of sp³-hybridized carbons (Fsp3) is 0.455. The molecule has 0 aromatic carbocycles. The van der Waals surface area contributed by atoms with Gasteiger partial charge in [-0.1, -0.05) is 0 Å². The van der Waals surface area contributed by atoms with Gasteiger partial charge in [-0.15, -0.1) is 0 Å². The molecule has 16 heavy (non-hydrogen) atoms. The van der Waals surface area contributed by atoms with Crippen LogP contribution in [0.3, 0.4) is 0 Å². The van der Waals surface area contributed by atoms with Crippen molar-refractivity contribution in [2.24, 2.45) is 12.8 Å². The summed E-state index contributed by atoms with van der Waals surface area (Å²) in [4.78, 5) is 4.09. The zero-order valence-electron chi connectivity index (χ0n) is 9.94. The molecule has 0 unspecified atom stereocenters. The van der Waals surface area contributed by atoms with Crippen molar-refractivity contribution in [1.82, 2.24) is 19.3 Å². The highest BCUT2D eigenvalue weighted by atomic mass is 15.3. The quantitative estimate of drug-likeness (QED) is 0.828. The molecule has 0 fully saturated rings. The molecule has 0 aliphatic rings. The molecule has 0 amide bonds. The normalized spacial score (nSPS) is 11.0. The van der Waals surface area contributed by atoms with Gasteiger partial charge in [0.15, 0.2) is 0 Å². The van der Waals surface area contributed by atoms with E-state index in [0.717, 1.165) is 29.2 Å². The first kappa shape index (κ1) is 10.9. The van der Waals surface area contributed by atoms with Gasteiger partial charge in [-0.3, -0.25) is 4.68 Å². The molecule has 5 nitrogen and oxygen atoms in total. The van der Waals surface area contributed by atoms with E-state index in [2.05, 4.69) is 17.0 Å². The molecular weight excluding hydrogens is 202 g/mol. The Kier molecular flexibility index (Phi) is 2.78. The second kappa shape index (κ2) is 4.09. The fourth-order valence-corrected chi connectivity index (χ4v) is 1.87. The van der Waals surface area contributed by atoms with Gasteiger partial charge < -0.3 is 10.3 Å². The maximum absolute atomic E-state index is 5.70. The first-order valence-corrected chi connectivity index (χ1v) is 5.31. The van der Waals surface area contributed by atoms with Gasteiger partial charge in [0.25, 0.3) is 0 Å². The van der Waals surface area contributed by atoms with Crippen LogP contribution in [0, 0.1) is 13.8 Å². The van der Waals surface area contributed by atoms with E-state index < -0.39 is 0 Å². The van der Waals surface area contributed by atoms with E-state index in [-0.39, 0.29) is 0 Å². The second-order valence-electron chi connectivity index (χ2n) is 4.01. The lowest BCUT2D eigenvalue weighted by molar-refractivity contribution is 0.626. The highest BCUT2D eigenvalue weighted by Gasteiger charge is 2.10. The van der Waals surface area contributed by atoms with E-state index in [4.69, 9.17) is 5.73 Å². The van der Waals surface area contributed by atoms with E-state index in [1.807, 2.05) is 29.4 Å². The van der Waals surface area contributed by atoms with Gasteiger partial charge in [0.1, 0.15) is 0 Å². The molecule has 2 rings (SSSR count). The third-order valence-electron chi connectivity index (χ3n) is 2.96. The van der Waals surface area contributed by atoms with Crippen LogP contribution in [-0.4, -0.2) is 19.3 Å². The van der Waals surface area contributed by atoms with Crippen LogP contribution in [0.2, 0.25) is 0 Å². The molecule has 2 heterocycles. The van der Waals surface area contributed by atoms with Crippen molar-refractivity contribution < 1.29 is 0 Å². The summed E-state index contributed by atoms with van der Waals surface area (Å²) in [5.41, 5.74) is 10.1. The van der Waals surface area contributed by atoms with Crippen LogP contribution >= 0.6 is 0 Å². The van der Waals surface area contributed by atoms with Gasteiger partial charge in [0.05, 0.1) is 30.5 Å². The summed E-state index contributed by atoms with van der Waals surface area (Å²) in [7, 11) is 1.98. The van der Waals surface area contributed by atoms with Crippen LogP contribution in [0.4, 0.5) is 0 Å². The Morgan fingerprint density at radius 1 is 1.38 bits per heavy atom. The predicted molar refractivity (Wildman–Crippen MR) is 61.9 cm³/mol. The third-order valence-corrected chi connectivity index (χ3v) is 2.96. The molecule has 0 bridgehead atoms. The zero-order valence-corrected chi connectivity index (χ0v) is 9.94. The van der Waals surface area contributed by atoms with Crippen molar-refractivity contribution in [2.75, 3.05) is 0 Å². The Bertz CT molecular complexity index is 494. The number of aryl methyl sites for hydroxylation is 2. The van der Waals surface area contributed by atoms with Crippen LogP contribution in [0.5, 0.6) is 0 Å². The summed E-state index contributed by atoms with van der Waals surface area (Å²) >= 11 is 0. The van der Waals surface area contributed by atoms with Gasteiger partial charge >= 0.3 is 0 Å². The molecule has 0 aliphatic carbocycles. The van der Waals surface area contributed by atoms with Gasteiger partial charge in [0.2, 0.25) is 0 Å². The molecule has 5 heteroatoms. The minimum absolute atomic E-state index is 0.545. The largest absolute Gasteiger partial charge is 0.336 e. The number of nitrogens with two attached hydrogens (primary N) is 1. The molecule has 0 saturated heterocycles. The minimum Gasteiger partial charge on any atom is -0.336 e. The standard InChI is InChI=1S/C11H17N5/c1-8-11(4-12)9(2)16(14-8)6-10-5-13-7-15(10)3/h5,7H,4,6,12H2,1-3H3. The Morgan fingerprint density at radius 3 is 2.62 bits per heavy atom. The molecule has 2 N–H and O–H groups in total. The summed E-state index contributed by atoms with van der Waals surface area (Å²) in [5.74, 6) is 0. The third kappa shape index (κ3) is 1.74. The molecule has 0 atom stereocenters. The first-order valence-electron chi connectivity index (χ1n) is 5.31. The lowest BCUT2D eigenvalue weighted by Crippen LogP contribution is -2.08. The Morgan fingerprint density at radius 2 is 2.12 bits per heavy atom. The lowest BCUT2D eigenvalue weighted by Gasteiger charge is -2.05. The van der Waals surface area contributed by atoms with Crippen molar-refractivity contribution in [3.63, 3.8) is 0 Å². The van der Waals surface area contributed by atoms with Crippen molar-refractivity contribution >= 4 is 0 Å². The topological polar surface area (TPSA) is 61.7 Å². The van der Waals surface area contributed by atoms with E-state index in [1.165, 1.54) is 0 Å². The van der Waals surface area contributed by atoms with E-state index >= 15 is 0 Å². The second-order valence-corrected chi connectivity index (χ2v) is 4.01. The first-order chi connectivity index (χ1) is 7.63. The molecule has 2 aromatic rings. The highest BCUT2D eigenvalue weighted by Crippen LogP contribution is 2.13. The fourth-order valence-electron chi connectivity index (χ4n) is 1.87. The van der Waals surface area contributed by atoms with Crippen molar-refractivity contribution in [2.45, 2.75) is 26.9 Å². The molecule has 0 radical (unpaired) electrons. The summed E-state index contributed by atoms with van der Waals surface area (Å²) in [5, 5.41) is 4.49. The van der Waals surface area contributed by atoms with Gasteiger partial charge in [-0.2, -0.15) is 5.10 Å². The number of nitrogens with zero attached hydrogens (tertiary/aromatic N) is 4. The molecular formula is C11H17N5. The van der Waals surface area contributed by atoms with Crippen LogP contribution < -0.4 is 5.73 Å². The molecule has 86 valence electrons. The number of imidazole rings is 1. The van der Waals surface area contributed by atoms with Crippen LogP contribution in [0.1, 0.15) is 22.6 Å². The monoisotopic (exact) mass is 219 g/mol. The lowest BCUT2D eigenvalue weighted by atomic mass is 10.2. The summed E-state index contributed by atoms with van der Waals surface area (Å²) in [6.45, 7) is 5.33. The smallest absolute Gasteiger partial charge is 0.0946 e. The van der Waals surface area contributed by atoms with E-state index in [0.29, 0.717) is 6.54 Å². The van der Waals surface area contributed by atoms with E-state index in [9.17, 15) is 0 Å². The van der Waals surface area contributed by atoms with Gasteiger partial charge in [-0.25, -0.2) is 4.98 Å². The van der Waals surface area contributed by atoms with E-state index in [1.54, 1.807) is 6.33 Å². The number of aromatic nitrogens is 4. The Labute approximate surface area is 94.9 Å². The molecule has 0 aliphatic heterocycles. The number of rotatable bonds is 3. The average molecular weight is 219 g/mol. The van der Waals surface area contributed by atoms with Gasteiger partial charge in [-0.05, 0) is 13.8 Å². The van der Waals surface area contributed by atoms with Crippen molar-refractivity contribution in [3.05, 3.63) is 35.2 Å². The van der Waals surface area contributed by atoms with Gasteiger partial charge in [0, 0.05) is 24.8 Å². The molecule has 2 aromatic heterocycles. The van der Waals surface area contributed by atoms with Crippen LogP contribution in [0.15, 0.2) is 12.5 Å². The number of hydrogen-bond acceptors (Lipinski definition) is 3. The Balaban J connectivity index is 2.32. The van der Waals surface area contributed by atoms with Crippen LogP contribution in [0.25, 0.3) is 0 Å². The SMILES string of the molecule is Cc1nn(Cc2cncn2C)c(C)c1CN. The predicted octanol–water partition coefficient (Wildman–Crippen LogP) is 0.740. The van der Waals surface area contributed by atoms with Crippen molar-refractivity contribution in [1.29, 1.82) is 0 Å². The Hall–Kier alpha value is -1.62. The van der Waals surface area contributed by atoms with Crippen molar-refractivity contribution in [3.8, 4) is 0 Å².